The number of hydrogen-bond donors (Lipinski definition) is 0. The maximum absolute atomic E-state index is 2.53. The Kier molecular flexibility index (Phi) is 16.2. The van der Waals surface area contributed by atoms with E-state index in [0.717, 1.165) is 51.7 Å². The largest absolute Gasteiger partial charge is 0.310 e. The molecule has 0 aromatic heterocycles. The van der Waals surface area contributed by atoms with Crippen molar-refractivity contribution < 1.29 is 0 Å². The minimum Gasteiger partial charge on any atom is -0.310 e. The van der Waals surface area contributed by atoms with Gasteiger partial charge in [0.1, 0.15) is 0 Å². The lowest BCUT2D eigenvalue weighted by Gasteiger charge is -2.40. The molecule has 0 saturated heterocycles. The van der Waals surface area contributed by atoms with Crippen LogP contribution in [-0.2, 0) is 36.5 Å². The molecule has 14 aromatic carbocycles. The summed E-state index contributed by atoms with van der Waals surface area (Å²) in [6, 6.07) is 127. The molecular formula is C102H76N2S2. The van der Waals surface area contributed by atoms with Crippen LogP contribution in [0.2, 0.25) is 0 Å². The van der Waals surface area contributed by atoms with Gasteiger partial charge in [-0.25, -0.2) is 0 Å². The van der Waals surface area contributed by atoms with Gasteiger partial charge in [-0.2, -0.15) is 0 Å². The molecule has 20 rings (SSSR count). The van der Waals surface area contributed by atoms with E-state index in [2.05, 4.69) is 392 Å². The Morgan fingerprint density at radius 2 is 0.679 bits per heavy atom. The van der Waals surface area contributed by atoms with Crippen molar-refractivity contribution in [1.29, 1.82) is 0 Å². The predicted octanol–water partition coefficient (Wildman–Crippen LogP) is 26.7. The standard InChI is InChI=1S/C102H76N2S2/c1-5-17-69(18-6-1)71-33-47-83(48-34-71)103(87-55-63-95-93-25-13-15-27-97(93)101(99(95)67-87,79-21-9-3-10-22-79)81-43-59-89(60-44-81)105-91-57-41-75-29-31-77(75)65-91)85-51-37-73(38-52-85)74-39-53-86(54-40-74)104(84-49-35-72(36-50-84)70-19-7-2-8-20-70)88-56-64-96-94-26-14-16-28-98(94)102(100(96)68-88,80-23-11-4-12-24-80)82-45-61-90(62-46-82)106-92-58-42-76-30-32-78(76)66-92/h1-23,25-28,33-68,80,93,97H,24,29-32H2. The quantitative estimate of drug-likeness (QED) is 0.0896. The van der Waals surface area contributed by atoms with Crippen molar-refractivity contribution in [3.05, 3.63) is 443 Å². The van der Waals surface area contributed by atoms with Gasteiger partial charge in [-0.3, -0.25) is 0 Å². The summed E-state index contributed by atoms with van der Waals surface area (Å²) >= 11 is 3.74. The minimum absolute atomic E-state index is 0.162. The number of benzene rings is 14. The van der Waals surface area contributed by atoms with Crippen LogP contribution in [0.5, 0.6) is 0 Å². The van der Waals surface area contributed by atoms with Crippen LogP contribution >= 0.6 is 23.5 Å². The van der Waals surface area contributed by atoms with Crippen molar-refractivity contribution in [1.82, 2.24) is 0 Å². The Labute approximate surface area is 631 Å². The lowest BCUT2D eigenvalue weighted by molar-refractivity contribution is 0.456. The molecule has 0 radical (unpaired) electrons. The molecule has 0 spiro atoms. The van der Waals surface area contributed by atoms with Gasteiger partial charge in [0.05, 0.1) is 10.8 Å². The van der Waals surface area contributed by atoms with Crippen LogP contribution < -0.4 is 9.80 Å². The van der Waals surface area contributed by atoms with Gasteiger partial charge in [0.25, 0.3) is 0 Å². The number of rotatable bonds is 17. The zero-order valence-corrected chi connectivity index (χ0v) is 60.5. The van der Waals surface area contributed by atoms with E-state index in [0.29, 0.717) is 0 Å². The number of allylic oxidation sites excluding steroid dienone is 8. The highest BCUT2D eigenvalue weighted by atomic mass is 32.2. The molecule has 5 unspecified atom stereocenters. The summed E-state index contributed by atoms with van der Waals surface area (Å²) in [5.74, 6) is 0.540. The Morgan fingerprint density at radius 3 is 1.17 bits per heavy atom. The molecule has 0 aliphatic heterocycles. The number of anilines is 6. The number of aryl methyl sites for hydroxylation is 4. The first kappa shape index (κ1) is 64.0. The van der Waals surface area contributed by atoms with Gasteiger partial charge < -0.3 is 9.80 Å². The summed E-state index contributed by atoms with van der Waals surface area (Å²) in [5, 5.41) is 0. The normalized spacial score (nSPS) is 18.7. The zero-order chi connectivity index (χ0) is 70.1. The average Bonchev–Trinajstić information content (AvgIpc) is 1.54. The smallest absolute Gasteiger partial charge is 0.0529 e. The molecule has 0 N–H and O–H groups in total. The van der Waals surface area contributed by atoms with E-state index < -0.39 is 10.8 Å². The number of nitrogens with zero attached hydrogens (tertiary/aromatic N) is 2. The average molecular weight is 1390 g/mol. The highest BCUT2D eigenvalue weighted by Gasteiger charge is 2.54. The fraction of sp³-hybridized carbons (Fsp3) is 0.0980. The van der Waals surface area contributed by atoms with Crippen LogP contribution in [0.4, 0.5) is 34.1 Å². The molecule has 5 atom stereocenters. The molecule has 106 heavy (non-hydrogen) atoms. The molecule has 0 amide bonds. The van der Waals surface area contributed by atoms with Crippen LogP contribution in [0.25, 0.3) is 44.5 Å². The van der Waals surface area contributed by atoms with Gasteiger partial charge in [-0.1, -0.05) is 284 Å². The Morgan fingerprint density at radius 1 is 0.274 bits per heavy atom. The Bertz CT molecular complexity index is 5780. The molecule has 6 aliphatic carbocycles. The number of fused-ring (bicyclic) bond motifs is 8. The third-order valence-corrected chi connectivity index (χ3v) is 25.6. The van der Waals surface area contributed by atoms with Crippen LogP contribution in [-0.4, -0.2) is 0 Å². The summed E-state index contributed by atoms with van der Waals surface area (Å²) < 4.78 is 0. The topological polar surface area (TPSA) is 6.48 Å². The van der Waals surface area contributed by atoms with E-state index in [-0.39, 0.29) is 17.8 Å². The highest BCUT2D eigenvalue weighted by Crippen LogP contribution is 2.62. The van der Waals surface area contributed by atoms with E-state index in [1.165, 1.54) is 140 Å². The summed E-state index contributed by atoms with van der Waals surface area (Å²) in [4.78, 5) is 10.1. The molecular weight excluding hydrogens is 1320 g/mol. The first-order valence-corrected chi connectivity index (χ1v) is 39.2. The molecule has 0 saturated carbocycles. The second-order valence-corrected chi connectivity index (χ2v) is 31.5. The molecule has 14 aromatic rings. The summed E-state index contributed by atoms with van der Waals surface area (Å²) in [6.45, 7) is 0. The van der Waals surface area contributed by atoms with Crippen molar-refractivity contribution in [2.24, 2.45) is 11.8 Å². The molecule has 4 heteroatoms. The first-order valence-electron chi connectivity index (χ1n) is 37.5. The SMILES string of the molecule is C1=CCC(C2(c3ccc(Sc4ccc5c(c4)CC5)cc3)c3ccccc3-c3ccc(N(c4ccc(-c5ccccc5)cc4)c4ccc(-c5ccc(N(c6ccc(-c7ccccc7)cc6)c6ccc7c(c6)C(c6ccccc6)(c6ccc(Sc8ccc9c(c8)CC9)cc6)C6C=CC=CC76)cc5)cc4)cc32)C=C1. The summed E-state index contributed by atoms with van der Waals surface area (Å²) in [7, 11) is 0. The second-order valence-electron chi connectivity index (χ2n) is 29.2. The molecule has 6 aliphatic rings. The predicted molar refractivity (Wildman–Crippen MR) is 443 cm³/mol. The van der Waals surface area contributed by atoms with Crippen molar-refractivity contribution in [3.8, 4) is 44.5 Å². The third-order valence-electron chi connectivity index (χ3n) is 23.6. The number of hydrogen-bond acceptors (Lipinski definition) is 4. The molecule has 0 heterocycles. The Balaban J connectivity index is 0.676. The van der Waals surface area contributed by atoms with Gasteiger partial charge >= 0.3 is 0 Å². The van der Waals surface area contributed by atoms with Crippen molar-refractivity contribution in [3.63, 3.8) is 0 Å². The maximum atomic E-state index is 2.53. The van der Waals surface area contributed by atoms with Gasteiger partial charge in [0.15, 0.2) is 0 Å². The summed E-state index contributed by atoms with van der Waals surface area (Å²) in [5.41, 5.74) is 30.6. The molecule has 0 bridgehead atoms. The molecule has 2 nitrogen and oxygen atoms in total. The minimum atomic E-state index is -0.478. The van der Waals surface area contributed by atoms with Crippen molar-refractivity contribution in [2.45, 2.75) is 68.4 Å². The van der Waals surface area contributed by atoms with Gasteiger partial charge in [0.2, 0.25) is 0 Å². The lowest BCUT2D eigenvalue weighted by atomic mass is 9.62. The lowest BCUT2D eigenvalue weighted by Crippen LogP contribution is -2.35. The fourth-order valence-corrected chi connectivity index (χ4v) is 20.1. The van der Waals surface area contributed by atoms with Crippen LogP contribution in [0, 0.1) is 11.8 Å². The van der Waals surface area contributed by atoms with E-state index in [4.69, 9.17) is 0 Å². The van der Waals surface area contributed by atoms with Gasteiger partial charge in [0, 0.05) is 65.5 Å². The maximum Gasteiger partial charge on any atom is 0.0529 e. The van der Waals surface area contributed by atoms with E-state index >= 15 is 0 Å². The zero-order valence-electron chi connectivity index (χ0n) is 58.9. The monoisotopic (exact) mass is 1390 g/mol. The van der Waals surface area contributed by atoms with E-state index in [9.17, 15) is 0 Å². The first-order chi connectivity index (χ1) is 52.5. The van der Waals surface area contributed by atoms with Crippen molar-refractivity contribution in [2.75, 3.05) is 9.80 Å². The van der Waals surface area contributed by atoms with Crippen LogP contribution in [0.1, 0.15) is 73.5 Å². The van der Waals surface area contributed by atoms with Crippen LogP contribution in [0.3, 0.4) is 0 Å². The van der Waals surface area contributed by atoms with E-state index in [1.807, 2.05) is 23.5 Å². The van der Waals surface area contributed by atoms with Crippen LogP contribution in [0.15, 0.2) is 402 Å². The van der Waals surface area contributed by atoms with Gasteiger partial charge in [-0.05, 0) is 265 Å². The van der Waals surface area contributed by atoms with E-state index in [1.54, 1.807) is 0 Å². The fourth-order valence-electron chi connectivity index (χ4n) is 18.3. The third kappa shape index (κ3) is 11.0. The molecule has 0 fully saturated rings. The van der Waals surface area contributed by atoms with Crippen molar-refractivity contribution >= 4 is 57.6 Å². The van der Waals surface area contributed by atoms with Gasteiger partial charge in [-0.15, -0.1) is 0 Å². The highest BCUT2D eigenvalue weighted by molar-refractivity contribution is 7.99. The summed E-state index contributed by atoms with van der Waals surface area (Å²) in [6.07, 6.45) is 24.4. The second kappa shape index (κ2) is 26.8. The Hall–Kier alpha value is -11.7. The molecule has 506 valence electrons.